The summed E-state index contributed by atoms with van der Waals surface area (Å²) in [6, 6.07) is 6.97. The lowest BCUT2D eigenvalue weighted by atomic mass is 10.3. The van der Waals surface area contributed by atoms with Gasteiger partial charge in [-0.1, -0.05) is 15.9 Å². The molecule has 0 saturated carbocycles. The van der Waals surface area contributed by atoms with Gasteiger partial charge in [-0.15, -0.1) is 0 Å². The second-order valence-electron chi connectivity index (χ2n) is 3.46. The Morgan fingerprint density at radius 1 is 1.39 bits per heavy atom. The van der Waals surface area contributed by atoms with Gasteiger partial charge in [-0.3, -0.25) is 0 Å². The molecule has 0 radical (unpaired) electrons. The lowest BCUT2D eigenvalue weighted by Crippen LogP contribution is -1.95. The topological polar surface area (TPSA) is 59.7 Å². The SMILES string of the molecule is O=C(O)c1ccc(COc2cc(F)cc(Br)c2)o1. The number of carboxylic acid groups (broad SMARTS) is 1. The fourth-order valence-corrected chi connectivity index (χ4v) is 1.78. The number of rotatable bonds is 4. The molecule has 94 valence electrons. The molecular weight excluding hydrogens is 307 g/mol. The van der Waals surface area contributed by atoms with Gasteiger partial charge in [0, 0.05) is 10.5 Å². The van der Waals surface area contributed by atoms with E-state index in [9.17, 15) is 9.18 Å². The third-order valence-electron chi connectivity index (χ3n) is 2.09. The maximum Gasteiger partial charge on any atom is 0.371 e. The average molecular weight is 315 g/mol. The highest BCUT2D eigenvalue weighted by Gasteiger charge is 2.09. The Morgan fingerprint density at radius 3 is 2.78 bits per heavy atom. The number of hydrogen-bond donors (Lipinski definition) is 1. The van der Waals surface area contributed by atoms with E-state index in [-0.39, 0.29) is 12.4 Å². The van der Waals surface area contributed by atoms with E-state index in [0.29, 0.717) is 16.0 Å². The van der Waals surface area contributed by atoms with Gasteiger partial charge in [-0.2, -0.15) is 0 Å². The third kappa shape index (κ3) is 3.10. The highest BCUT2D eigenvalue weighted by molar-refractivity contribution is 9.10. The molecule has 0 aliphatic heterocycles. The fraction of sp³-hybridized carbons (Fsp3) is 0.0833. The van der Waals surface area contributed by atoms with Crippen molar-refractivity contribution in [3.05, 3.63) is 52.1 Å². The molecule has 1 aromatic heterocycles. The maximum absolute atomic E-state index is 13.1. The summed E-state index contributed by atoms with van der Waals surface area (Å²) < 4.78 is 23.9. The van der Waals surface area contributed by atoms with Gasteiger partial charge in [0.1, 0.15) is 23.9 Å². The van der Waals surface area contributed by atoms with Crippen molar-refractivity contribution in [1.82, 2.24) is 0 Å². The first-order valence-corrected chi connectivity index (χ1v) is 5.75. The van der Waals surface area contributed by atoms with Crippen LogP contribution in [0.4, 0.5) is 4.39 Å². The van der Waals surface area contributed by atoms with Gasteiger partial charge in [0.05, 0.1) is 0 Å². The normalized spacial score (nSPS) is 10.3. The molecule has 2 rings (SSSR count). The molecule has 0 aliphatic rings. The van der Waals surface area contributed by atoms with Crippen molar-refractivity contribution in [1.29, 1.82) is 0 Å². The van der Waals surface area contributed by atoms with Crippen molar-refractivity contribution in [3.8, 4) is 5.75 Å². The highest BCUT2D eigenvalue weighted by Crippen LogP contribution is 2.21. The molecule has 6 heteroatoms. The van der Waals surface area contributed by atoms with Crippen molar-refractivity contribution in [3.63, 3.8) is 0 Å². The molecule has 0 fully saturated rings. The Balaban J connectivity index is 2.04. The molecule has 4 nitrogen and oxygen atoms in total. The van der Waals surface area contributed by atoms with Crippen LogP contribution in [0.2, 0.25) is 0 Å². The molecule has 0 amide bonds. The minimum atomic E-state index is -1.14. The second kappa shape index (κ2) is 5.22. The van der Waals surface area contributed by atoms with Crippen molar-refractivity contribution < 1.29 is 23.4 Å². The van der Waals surface area contributed by atoms with Gasteiger partial charge in [-0.25, -0.2) is 9.18 Å². The monoisotopic (exact) mass is 314 g/mol. The van der Waals surface area contributed by atoms with E-state index in [1.807, 2.05) is 0 Å². The maximum atomic E-state index is 13.1. The zero-order valence-electron chi connectivity index (χ0n) is 9.02. The lowest BCUT2D eigenvalue weighted by Gasteiger charge is -2.04. The number of aromatic carboxylic acids is 1. The molecule has 2 aromatic rings. The van der Waals surface area contributed by atoms with E-state index >= 15 is 0 Å². The Hall–Kier alpha value is -1.82. The summed E-state index contributed by atoms with van der Waals surface area (Å²) in [5.41, 5.74) is 0. The van der Waals surface area contributed by atoms with Crippen LogP contribution in [0.15, 0.2) is 39.2 Å². The molecule has 0 saturated heterocycles. The minimum absolute atomic E-state index is 0.0309. The van der Waals surface area contributed by atoms with Crippen molar-refractivity contribution in [2.45, 2.75) is 6.61 Å². The van der Waals surface area contributed by atoms with Crippen LogP contribution in [0.1, 0.15) is 16.3 Å². The molecule has 1 N–H and O–H groups in total. The van der Waals surface area contributed by atoms with E-state index in [4.69, 9.17) is 14.3 Å². The average Bonchev–Trinajstić information content (AvgIpc) is 2.73. The number of hydrogen-bond acceptors (Lipinski definition) is 3. The molecule has 0 aliphatic carbocycles. The summed E-state index contributed by atoms with van der Waals surface area (Å²) in [5.74, 6) is -1.04. The molecule has 1 heterocycles. The van der Waals surface area contributed by atoms with Crippen LogP contribution < -0.4 is 4.74 Å². The summed E-state index contributed by atoms with van der Waals surface area (Å²) in [5, 5.41) is 8.67. The van der Waals surface area contributed by atoms with Gasteiger partial charge >= 0.3 is 5.97 Å². The van der Waals surface area contributed by atoms with Crippen molar-refractivity contribution in [2.24, 2.45) is 0 Å². The standard InChI is InChI=1S/C12H8BrFO4/c13-7-3-8(14)5-10(4-7)17-6-9-1-2-11(18-9)12(15)16/h1-5H,6H2,(H,15,16). The molecule has 1 aromatic carbocycles. The summed E-state index contributed by atoms with van der Waals surface area (Å²) in [6.45, 7) is 0.0309. The van der Waals surface area contributed by atoms with Crippen LogP contribution in [-0.2, 0) is 6.61 Å². The first-order chi connectivity index (χ1) is 8.54. The molecule has 0 unspecified atom stereocenters. The predicted molar refractivity (Wildman–Crippen MR) is 64.1 cm³/mol. The predicted octanol–water partition coefficient (Wildman–Crippen LogP) is 3.46. The molecule has 0 atom stereocenters. The molecule has 0 spiro atoms. The highest BCUT2D eigenvalue weighted by atomic mass is 79.9. The summed E-state index contributed by atoms with van der Waals surface area (Å²) in [7, 11) is 0. The van der Waals surface area contributed by atoms with Crippen LogP contribution in [0.25, 0.3) is 0 Å². The van der Waals surface area contributed by atoms with Gasteiger partial charge in [-0.05, 0) is 24.3 Å². The zero-order valence-corrected chi connectivity index (χ0v) is 10.6. The summed E-state index contributed by atoms with van der Waals surface area (Å²) in [6.07, 6.45) is 0. The van der Waals surface area contributed by atoms with Gasteiger partial charge < -0.3 is 14.3 Å². The van der Waals surface area contributed by atoms with Crippen molar-refractivity contribution >= 4 is 21.9 Å². The van der Waals surface area contributed by atoms with E-state index < -0.39 is 11.8 Å². The number of carbonyl (C=O) groups is 1. The molecular formula is C12H8BrFO4. The van der Waals surface area contributed by atoms with Crippen LogP contribution in [0, 0.1) is 5.82 Å². The summed E-state index contributed by atoms with van der Waals surface area (Å²) >= 11 is 3.14. The zero-order chi connectivity index (χ0) is 13.1. The van der Waals surface area contributed by atoms with E-state index in [1.165, 1.54) is 24.3 Å². The Bertz CT molecular complexity index is 559. The first kappa shape index (κ1) is 12.6. The smallest absolute Gasteiger partial charge is 0.371 e. The number of benzene rings is 1. The third-order valence-corrected chi connectivity index (χ3v) is 2.55. The largest absolute Gasteiger partial charge is 0.486 e. The number of furan rings is 1. The van der Waals surface area contributed by atoms with E-state index in [0.717, 1.165) is 0 Å². The minimum Gasteiger partial charge on any atom is -0.486 e. The second-order valence-corrected chi connectivity index (χ2v) is 4.38. The van der Waals surface area contributed by atoms with E-state index in [1.54, 1.807) is 6.07 Å². The first-order valence-electron chi connectivity index (χ1n) is 4.95. The Morgan fingerprint density at radius 2 is 2.17 bits per heavy atom. The van der Waals surface area contributed by atoms with Crippen LogP contribution >= 0.6 is 15.9 Å². The quantitative estimate of drug-likeness (QED) is 0.939. The van der Waals surface area contributed by atoms with Crippen LogP contribution in [-0.4, -0.2) is 11.1 Å². The Labute approximate surface area is 110 Å². The van der Waals surface area contributed by atoms with Crippen LogP contribution in [0.3, 0.4) is 0 Å². The summed E-state index contributed by atoms with van der Waals surface area (Å²) in [4.78, 5) is 10.6. The molecule has 18 heavy (non-hydrogen) atoms. The molecule has 0 bridgehead atoms. The number of halogens is 2. The van der Waals surface area contributed by atoms with Gasteiger partial charge in [0.25, 0.3) is 0 Å². The van der Waals surface area contributed by atoms with E-state index in [2.05, 4.69) is 15.9 Å². The van der Waals surface area contributed by atoms with Gasteiger partial charge in [0.2, 0.25) is 5.76 Å². The van der Waals surface area contributed by atoms with Crippen LogP contribution in [0.5, 0.6) is 5.75 Å². The Kier molecular flexibility index (Phi) is 3.66. The number of carboxylic acids is 1. The lowest BCUT2D eigenvalue weighted by molar-refractivity contribution is 0.0658. The van der Waals surface area contributed by atoms with Gasteiger partial charge in [0.15, 0.2) is 0 Å². The fourth-order valence-electron chi connectivity index (χ4n) is 1.34. The number of ether oxygens (including phenoxy) is 1. The van der Waals surface area contributed by atoms with Crippen molar-refractivity contribution in [2.75, 3.05) is 0 Å².